The van der Waals surface area contributed by atoms with Crippen molar-refractivity contribution < 1.29 is 0 Å². The van der Waals surface area contributed by atoms with E-state index >= 15 is 0 Å². The molecule has 1 nitrogen and oxygen atoms in total. The van der Waals surface area contributed by atoms with Gasteiger partial charge in [0.25, 0.3) is 0 Å². The molecule has 2 rings (SSSR count). The predicted molar refractivity (Wildman–Crippen MR) is 84.4 cm³/mol. The fourth-order valence-electron chi connectivity index (χ4n) is 2.24. The lowest BCUT2D eigenvalue weighted by Gasteiger charge is -2.26. The Morgan fingerprint density at radius 3 is 2.83 bits per heavy atom. The van der Waals surface area contributed by atoms with Crippen molar-refractivity contribution in [2.45, 2.75) is 30.9 Å². The summed E-state index contributed by atoms with van der Waals surface area (Å²) in [5, 5.41) is 0.777. The number of benzene rings is 1. The Hall–Kier alpha value is -0.0500. The van der Waals surface area contributed by atoms with Gasteiger partial charge in [0.2, 0.25) is 0 Å². The van der Waals surface area contributed by atoms with Gasteiger partial charge in [-0.1, -0.05) is 31.5 Å². The molecule has 0 N–H and O–H groups in total. The Morgan fingerprint density at radius 1 is 1.33 bits per heavy atom. The number of nitrogens with zero attached hydrogens (tertiary/aromatic N) is 1. The molecule has 0 amide bonds. The highest BCUT2D eigenvalue weighted by atomic mass is 35.5. The maximum atomic E-state index is 6.23. The Labute approximate surface area is 124 Å². The van der Waals surface area contributed by atoms with E-state index < -0.39 is 0 Å². The molecule has 0 bridgehead atoms. The second kappa shape index (κ2) is 5.94. The summed E-state index contributed by atoms with van der Waals surface area (Å²) in [6.07, 6.45) is 1.19. The van der Waals surface area contributed by atoms with E-state index in [4.69, 9.17) is 23.2 Å². The van der Waals surface area contributed by atoms with Gasteiger partial charge in [-0.25, -0.2) is 0 Å². The van der Waals surface area contributed by atoms with Crippen LogP contribution in [0.2, 0.25) is 5.02 Å². The van der Waals surface area contributed by atoms with Gasteiger partial charge in [0.05, 0.1) is 5.88 Å². The minimum absolute atomic E-state index is 0.369. The molecule has 1 aromatic rings. The third-order valence-electron chi connectivity index (χ3n) is 3.41. The van der Waals surface area contributed by atoms with Crippen LogP contribution in [-0.2, 0) is 5.88 Å². The average molecular weight is 304 g/mol. The minimum Gasteiger partial charge on any atom is -0.370 e. The highest BCUT2D eigenvalue weighted by Gasteiger charge is 2.24. The lowest BCUT2D eigenvalue weighted by atomic mass is 10.1. The van der Waals surface area contributed by atoms with E-state index in [9.17, 15) is 0 Å². The molecule has 18 heavy (non-hydrogen) atoms. The zero-order valence-electron chi connectivity index (χ0n) is 10.9. The number of hydrogen-bond acceptors (Lipinski definition) is 2. The van der Waals surface area contributed by atoms with E-state index in [0.29, 0.717) is 10.6 Å². The number of alkyl halides is 1. The maximum Gasteiger partial charge on any atom is 0.0509 e. The highest BCUT2D eigenvalue weighted by molar-refractivity contribution is 8.00. The van der Waals surface area contributed by atoms with Crippen LogP contribution >= 0.6 is 35.0 Å². The molecule has 1 aromatic carbocycles. The fourth-order valence-corrected chi connectivity index (χ4v) is 3.92. The van der Waals surface area contributed by atoms with Crippen LogP contribution in [0.3, 0.4) is 0 Å². The van der Waals surface area contributed by atoms with Crippen LogP contribution in [0.25, 0.3) is 0 Å². The van der Waals surface area contributed by atoms with E-state index in [1.807, 2.05) is 23.9 Å². The van der Waals surface area contributed by atoms with Gasteiger partial charge in [-0.05, 0) is 18.6 Å². The molecule has 0 saturated carbocycles. The van der Waals surface area contributed by atoms with Crippen LogP contribution in [-0.4, -0.2) is 23.6 Å². The second-order valence-corrected chi connectivity index (χ2v) is 7.69. The van der Waals surface area contributed by atoms with Crippen molar-refractivity contribution in [2.24, 2.45) is 0 Å². The first kappa shape index (κ1) is 14.4. The Balaban J connectivity index is 2.24. The number of anilines is 1. The van der Waals surface area contributed by atoms with E-state index in [1.165, 1.54) is 12.1 Å². The summed E-state index contributed by atoms with van der Waals surface area (Å²) in [7, 11) is 0. The van der Waals surface area contributed by atoms with Crippen LogP contribution < -0.4 is 4.90 Å². The maximum absolute atomic E-state index is 6.23. The van der Waals surface area contributed by atoms with Crippen molar-refractivity contribution in [2.75, 3.05) is 23.7 Å². The number of rotatable bonds is 2. The van der Waals surface area contributed by atoms with E-state index in [0.717, 1.165) is 29.4 Å². The molecule has 0 spiro atoms. The predicted octanol–water partition coefficient (Wildman–Crippen LogP) is 4.80. The Morgan fingerprint density at radius 2 is 2.11 bits per heavy atom. The summed E-state index contributed by atoms with van der Waals surface area (Å²) < 4.78 is 0.369. The van der Waals surface area contributed by atoms with Crippen LogP contribution in [0.4, 0.5) is 5.69 Å². The van der Waals surface area contributed by atoms with Gasteiger partial charge in [-0.15, -0.1) is 11.6 Å². The first-order chi connectivity index (χ1) is 8.53. The largest absolute Gasteiger partial charge is 0.370 e. The fraction of sp³-hybridized carbons (Fsp3) is 0.571. The molecule has 1 heterocycles. The summed E-state index contributed by atoms with van der Waals surface area (Å²) >= 11 is 14.3. The summed E-state index contributed by atoms with van der Waals surface area (Å²) in [5.41, 5.74) is 2.27. The zero-order valence-corrected chi connectivity index (χ0v) is 13.2. The summed E-state index contributed by atoms with van der Waals surface area (Å²) in [6, 6.07) is 6.06. The van der Waals surface area contributed by atoms with Crippen LogP contribution in [0.15, 0.2) is 18.2 Å². The van der Waals surface area contributed by atoms with E-state index in [1.54, 1.807) is 0 Å². The summed E-state index contributed by atoms with van der Waals surface area (Å²) in [5.74, 6) is 1.63. The normalized spacial score (nSPS) is 19.7. The first-order valence-corrected chi connectivity index (χ1v) is 8.15. The lowest BCUT2D eigenvalue weighted by molar-refractivity contribution is 0.637. The van der Waals surface area contributed by atoms with E-state index in [2.05, 4.69) is 24.8 Å². The third-order valence-corrected chi connectivity index (χ3v) is 5.40. The first-order valence-electron chi connectivity index (χ1n) is 6.26. The van der Waals surface area contributed by atoms with Crippen LogP contribution in [0.1, 0.15) is 25.8 Å². The highest BCUT2D eigenvalue weighted by Crippen LogP contribution is 2.35. The molecule has 100 valence electrons. The van der Waals surface area contributed by atoms with Crippen molar-refractivity contribution in [3.05, 3.63) is 28.8 Å². The zero-order chi connectivity index (χ0) is 13.2. The van der Waals surface area contributed by atoms with Gasteiger partial charge in [0.1, 0.15) is 0 Å². The Bertz CT molecular complexity index is 420. The van der Waals surface area contributed by atoms with Crippen molar-refractivity contribution in [1.82, 2.24) is 0 Å². The van der Waals surface area contributed by atoms with Gasteiger partial charge >= 0.3 is 0 Å². The summed E-state index contributed by atoms with van der Waals surface area (Å²) in [6.45, 7) is 6.78. The Kier molecular flexibility index (Phi) is 4.74. The topological polar surface area (TPSA) is 3.24 Å². The second-order valence-electron chi connectivity index (χ2n) is 5.22. The van der Waals surface area contributed by atoms with Crippen LogP contribution in [0.5, 0.6) is 0 Å². The van der Waals surface area contributed by atoms with Gasteiger partial charge in [0.15, 0.2) is 0 Å². The molecule has 1 aliphatic heterocycles. The molecule has 4 heteroatoms. The number of thioether (sulfide) groups is 1. The molecule has 1 aliphatic rings. The number of hydrogen-bond donors (Lipinski definition) is 0. The molecular formula is C14H19Cl2NS. The van der Waals surface area contributed by atoms with Crippen molar-refractivity contribution in [3.8, 4) is 0 Å². The van der Waals surface area contributed by atoms with Gasteiger partial charge in [-0.2, -0.15) is 11.8 Å². The summed E-state index contributed by atoms with van der Waals surface area (Å²) in [4.78, 5) is 2.42. The minimum atomic E-state index is 0.369. The molecule has 0 atom stereocenters. The molecule has 0 unspecified atom stereocenters. The van der Waals surface area contributed by atoms with Gasteiger partial charge < -0.3 is 4.90 Å². The molecule has 1 saturated heterocycles. The van der Waals surface area contributed by atoms with Crippen molar-refractivity contribution in [3.63, 3.8) is 0 Å². The molecule has 0 aliphatic carbocycles. The average Bonchev–Trinajstić information content (AvgIpc) is 2.50. The molecule has 1 fully saturated rings. The molecular weight excluding hydrogens is 285 g/mol. The standard InChI is InChI=1S/C14H19Cl2NS/c1-14(2)6-7-17(8-9-18-14)13-5-3-4-12(16)11(13)10-15/h3-5H,6-10H2,1-2H3. The van der Waals surface area contributed by atoms with Crippen molar-refractivity contribution >= 4 is 40.7 Å². The molecule has 0 aromatic heterocycles. The number of halogens is 2. The molecule has 0 radical (unpaired) electrons. The smallest absolute Gasteiger partial charge is 0.0509 e. The third kappa shape index (κ3) is 3.28. The SMILES string of the molecule is CC1(C)CCN(c2cccc(Cl)c2CCl)CCS1. The van der Waals surface area contributed by atoms with Crippen LogP contribution in [0, 0.1) is 0 Å². The lowest BCUT2D eigenvalue weighted by Crippen LogP contribution is -2.27. The quantitative estimate of drug-likeness (QED) is 0.722. The van der Waals surface area contributed by atoms with Crippen molar-refractivity contribution in [1.29, 1.82) is 0 Å². The van der Waals surface area contributed by atoms with Gasteiger partial charge in [0, 0.05) is 39.9 Å². The monoisotopic (exact) mass is 303 g/mol. The van der Waals surface area contributed by atoms with Gasteiger partial charge in [-0.3, -0.25) is 0 Å². The van der Waals surface area contributed by atoms with E-state index in [-0.39, 0.29) is 0 Å².